The zero-order valence-corrected chi connectivity index (χ0v) is 15.1. The molecule has 1 aliphatic rings. The summed E-state index contributed by atoms with van der Waals surface area (Å²) in [6.45, 7) is 2.09. The minimum Gasteiger partial charge on any atom is -0.187 e. The van der Waals surface area contributed by atoms with Crippen LogP contribution < -0.4 is 0 Å². The van der Waals surface area contributed by atoms with Crippen molar-refractivity contribution in [2.45, 2.75) is 12.1 Å². The topological polar surface area (TPSA) is 43.1 Å². The van der Waals surface area contributed by atoms with Gasteiger partial charge in [0.1, 0.15) is 0 Å². The van der Waals surface area contributed by atoms with E-state index in [1.807, 2.05) is 4.68 Å². The van der Waals surface area contributed by atoms with Gasteiger partial charge in [0.15, 0.2) is 5.82 Å². The van der Waals surface area contributed by atoms with Gasteiger partial charge in [-0.05, 0) is 29.3 Å². The molecule has 4 aromatic rings. The van der Waals surface area contributed by atoms with Gasteiger partial charge >= 0.3 is 0 Å². The Morgan fingerprint density at radius 3 is 2.46 bits per heavy atom. The molecule has 126 valence electrons. The van der Waals surface area contributed by atoms with Crippen LogP contribution >= 0.6 is 11.8 Å². The highest BCUT2D eigenvalue weighted by molar-refractivity contribution is 7.99. The molecule has 4 nitrogen and oxygen atoms in total. The van der Waals surface area contributed by atoms with Crippen LogP contribution in [0.4, 0.5) is 0 Å². The molecule has 0 saturated carbocycles. The summed E-state index contributed by atoms with van der Waals surface area (Å²) in [6, 6.07) is 23.2. The summed E-state index contributed by atoms with van der Waals surface area (Å²) in [5.41, 5.74) is 4.47. The van der Waals surface area contributed by atoms with Crippen molar-refractivity contribution in [3.05, 3.63) is 77.9 Å². The Hall–Kier alpha value is -2.92. The summed E-state index contributed by atoms with van der Waals surface area (Å²) in [5, 5.41) is 16.8. The van der Waals surface area contributed by atoms with Crippen LogP contribution in [0.2, 0.25) is 0 Å². The van der Waals surface area contributed by atoms with E-state index in [0.29, 0.717) is 0 Å². The number of aromatic nitrogens is 3. The number of nitrogens with zero attached hydrogens (tertiary/aromatic N) is 4. The second-order valence-corrected chi connectivity index (χ2v) is 7.32. The third-order valence-electron chi connectivity index (χ3n) is 4.56. The van der Waals surface area contributed by atoms with Crippen molar-refractivity contribution in [3.63, 3.8) is 0 Å². The Morgan fingerprint density at radius 1 is 0.846 bits per heavy atom. The number of thioether (sulfide) groups is 1. The lowest BCUT2D eigenvalue weighted by Crippen LogP contribution is -2.13. The molecule has 1 aliphatic heterocycles. The first-order valence-corrected chi connectivity index (χ1v) is 9.49. The minimum absolute atomic E-state index is 0.780. The molecule has 0 amide bonds. The molecule has 0 fully saturated rings. The lowest BCUT2D eigenvalue weighted by molar-refractivity contribution is 0.762. The molecule has 5 heteroatoms. The van der Waals surface area contributed by atoms with Gasteiger partial charge in [0.25, 0.3) is 0 Å². The van der Waals surface area contributed by atoms with E-state index in [9.17, 15) is 0 Å². The van der Waals surface area contributed by atoms with Crippen LogP contribution in [-0.4, -0.2) is 26.3 Å². The standard InChI is InChI=1S/C21H16N4S/c1-14-6-8-16(9-7-14)19-13-26-21-23-22-20(25(21)24-19)18-11-10-15-4-2-3-5-17(15)12-18/h2-12H,13H2,1H3. The molecule has 26 heavy (non-hydrogen) atoms. The zero-order chi connectivity index (χ0) is 17.5. The van der Waals surface area contributed by atoms with Gasteiger partial charge in [-0.15, -0.1) is 10.2 Å². The summed E-state index contributed by atoms with van der Waals surface area (Å²) >= 11 is 1.67. The van der Waals surface area contributed by atoms with E-state index >= 15 is 0 Å². The number of hydrogen-bond donors (Lipinski definition) is 0. The molecule has 2 heterocycles. The van der Waals surface area contributed by atoms with Crippen molar-refractivity contribution in [3.8, 4) is 11.4 Å². The van der Waals surface area contributed by atoms with Gasteiger partial charge in [-0.3, -0.25) is 0 Å². The summed E-state index contributed by atoms with van der Waals surface area (Å²) in [6.07, 6.45) is 0. The zero-order valence-electron chi connectivity index (χ0n) is 14.3. The molecule has 5 rings (SSSR count). The lowest BCUT2D eigenvalue weighted by atomic mass is 10.1. The molecule has 3 aromatic carbocycles. The maximum atomic E-state index is 4.85. The highest BCUT2D eigenvalue weighted by atomic mass is 32.2. The van der Waals surface area contributed by atoms with Gasteiger partial charge in [0, 0.05) is 11.3 Å². The Kier molecular flexibility index (Phi) is 3.60. The van der Waals surface area contributed by atoms with Crippen LogP contribution in [-0.2, 0) is 0 Å². The first kappa shape index (κ1) is 15.3. The maximum absolute atomic E-state index is 4.85. The van der Waals surface area contributed by atoms with Crippen LogP contribution in [0.15, 0.2) is 77.0 Å². The van der Waals surface area contributed by atoms with E-state index in [2.05, 4.69) is 83.9 Å². The van der Waals surface area contributed by atoms with Crippen molar-refractivity contribution in [1.29, 1.82) is 0 Å². The fourth-order valence-electron chi connectivity index (χ4n) is 3.12. The van der Waals surface area contributed by atoms with Gasteiger partial charge in [-0.1, -0.05) is 78.0 Å². The molecule has 0 spiro atoms. The molecule has 0 saturated heterocycles. The van der Waals surface area contributed by atoms with Crippen LogP contribution in [0, 0.1) is 6.92 Å². The predicted octanol–water partition coefficient (Wildman–Crippen LogP) is 4.76. The normalized spacial score (nSPS) is 13.5. The van der Waals surface area contributed by atoms with E-state index in [4.69, 9.17) is 5.10 Å². The third kappa shape index (κ3) is 2.61. The molecule has 0 radical (unpaired) electrons. The van der Waals surface area contributed by atoms with Crippen molar-refractivity contribution < 1.29 is 0 Å². The second kappa shape index (κ2) is 6.11. The van der Waals surface area contributed by atoms with Crippen molar-refractivity contribution in [2.24, 2.45) is 5.10 Å². The first-order chi connectivity index (χ1) is 12.8. The molecule has 0 aliphatic carbocycles. The number of aryl methyl sites for hydroxylation is 1. The monoisotopic (exact) mass is 356 g/mol. The quantitative estimate of drug-likeness (QED) is 0.520. The van der Waals surface area contributed by atoms with Crippen LogP contribution in [0.3, 0.4) is 0 Å². The molecule has 0 atom stereocenters. The molecule has 0 N–H and O–H groups in total. The fourth-order valence-corrected chi connectivity index (χ4v) is 3.96. The van der Waals surface area contributed by atoms with Crippen molar-refractivity contribution in [2.75, 3.05) is 5.75 Å². The molecular weight excluding hydrogens is 340 g/mol. The van der Waals surface area contributed by atoms with E-state index in [0.717, 1.165) is 33.6 Å². The summed E-state index contributed by atoms with van der Waals surface area (Å²) < 4.78 is 1.87. The Morgan fingerprint density at radius 2 is 1.62 bits per heavy atom. The van der Waals surface area contributed by atoms with E-state index in [1.165, 1.54) is 16.3 Å². The van der Waals surface area contributed by atoms with Gasteiger partial charge in [0.05, 0.1) is 5.71 Å². The molecular formula is C21H16N4S. The van der Waals surface area contributed by atoms with Gasteiger partial charge < -0.3 is 0 Å². The Balaban J connectivity index is 1.61. The van der Waals surface area contributed by atoms with Gasteiger partial charge in [0.2, 0.25) is 5.16 Å². The third-order valence-corrected chi connectivity index (χ3v) is 5.49. The number of hydrogen-bond acceptors (Lipinski definition) is 4. The van der Waals surface area contributed by atoms with Crippen LogP contribution in [0.5, 0.6) is 0 Å². The van der Waals surface area contributed by atoms with Crippen molar-refractivity contribution >= 4 is 28.2 Å². The summed E-state index contributed by atoms with van der Waals surface area (Å²) in [4.78, 5) is 0. The van der Waals surface area contributed by atoms with Crippen molar-refractivity contribution in [1.82, 2.24) is 14.9 Å². The fraction of sp³-hybridized carbons (Fsp3) is 0.0952. The van der Waals surface area contributed by atoms with E-state index in [-0.39, 0.29) is 0 Å². The Labute approximate surface area is 155 Å². The maximum Gasteiger partial charge on any atom is 0.212 e. The number of fused-ring (bicyclic) bond motifs is 2. The van der Waals surface area contributed by atoms with Gasteiger partial charge in [-0.2, -0.15) is 9.78 Å². The lowest BCUT2D eigenvalue weighted by Gasteiger charge is -2.14. The van der Waals surface area contributed by atoms with E-state index < -0.39 is 0 Å². The highest BCUT2D eigenvalue weighted by Gasteiger charge is 2.20. The smallest absolute Gasteiger partial charge is 0.187 e. The predicted molar refractivity (Wildman–Crippen MR) is 107 cm³/mol. The second-order valence-electron chi connectivity index (χ2n) is 6.38. The largest absolute Gasteiger partial charge is 0.212 e. The molecule has 0 unspecified atom stereocenters. The van der Waals surface area contributed by atoms with Gasteiger partial charge in [-0.25, -0.2) is 0 Å². The summed E-state index contributed by atoms with van der Waals surface area (Å²) in [5.74, 6) is 1.58. The molecule has 1 aromatic heterocycles. The summed E-state index contributed by atoms with van der Waals surface area (Å²) in [7, 11) is 0. The SMILES string of the molecule is Cc1ccc(C2=Nn3c(nnc3-c3ccc4ccccc4c3)SC2)cc1. The Bertz CT molecular complexity index is 1140. The minimum atomic E-state index is 0.780. The highest BCUT2D eigenvalue weighted by Crippen LogP contribution is 2.30. The van der Waals surface area contributed by atoms with E-state index in [1.54, 1.807) is 11.8 Å². The number of rotatable bonds is 2. The number of benzene rings is 3. The molecule has 0 bridgehead atoms. The van der Waals surface area contributed by atoms with Crippen LogP contribution in [0.1, 0.15) is 11.1 Å². The average molecular weight is 356 g/mol. The average Bonchev–Trinajstić information content (AvgIpc) is 3.11. The first-order valence-electron chi connectivity index (χ1n) is 8.50. The van der Waals surface area contributed by atoms with Crippen LogP contribution in [0.25, 0.3) is 22.2 Å².